The molecule has 0 atom stereocenters. The van der Waals surface area contributed by atoms with Gasteiger partial charge in [-0.05, 0) is 32.9 Å². The molecule has 0 saturated heterocycles. The summed E-state index contributed by atoms with van der Waals surface area (Å²) in [7, 11) is 1.89. The molecule has 1 saturated carbocycles. The maximum absolute atomic E-state index is 11.7. The number of amides is 1. The molecule has 2 rings (SSSR count). The van der Waals surface area contributed by atoms with Crippen molar-refractivity contribution < 1.29 is 4.79 Å². The number of carbonyl (C=O) groups is 1. The number of rotatable bonds is 6. The molecule has 20 heavy (non-hydrogen) atoms. The Morgan fingerprint density at radius 2 is 2.10 bits per heavy atom. The van der Waals surface area contributed by atoms with E-state index >= 15 is 0 Å². The molecule has 0 aliphatic heterocycles. The zero-order valence-electron chi connectivity index (χ0n) is 12.4. The average molecular weight is 278 g/mol. The zero-order chi connectivity index (χ0) is 14.2. The van der Waals surface area contributed by atoms with Gasteiger partial charge in [-0.3, -0.25) is 9.89 Å². The van der Waals surface area contributed by atoms with Crippen LogP contribution in [0.15, 0.2) is 6.07 Å². The highest BCUT2D eigenvalue weighted by molar-refractivity contribution is 5.89. The molecule has 1 amide bonds. The molecule has 5 heteroatoms. The van der Waals surface area contributed by atoms with Crippen LogP contribution in [-0.4, -0.2) is 29.7 Å². The number of hydrogen-bond donors (Lipinski definition) is 3. The lowest BCUT2D eigenvalue weighted by molar-refractivity contribution is -0.116. The van der Waals surface area contributed by atoms with E-state index in [1.807, 2.05) is 13.1 Å². The Labute approximate surface area is 120 Å². The maximum atomic E-state index is 11.7. The SMILES string of the molecule is CNCCCC(=O)Nc1cc(C2CCCCCC2)[nH]n1. The smallest absolute Gasteiger partial charge is 0.225 e. The van der Waals surface area contributed by atoms with Gasteiger partial charge in [0.2, 0.25) is 5.91 Å². The fourth-order valence-corrected chi connectivity index (χ4v) is 2.83. The lowest BCUT2D eigenvalue weighted by Gasteiger charge is -2.10. The minimum absolute atomic E-state index is 0.0409. The molecule has 5 nitrogen and oxygen atoms in total. The quantitative estimate of drug-likeness (QED) is 0.553. The predicted octanol–water partition coefficient (Wildman–Crippen LogP) is 2.79. The summed E-state index contributed by atoms with van der Waals surface area (Å²) in [5.41, 5.74) is 1.18. The zero-order valence-corrected chi connectivity index (χ0v) is 12.4. The van der Waals surface area contributed by atoms with E-state index in [2.05, 4.69) is 20.8 Å². The van der Waals surface area contributed by atoms with Crippen molar-refractivity contribution in [3.8, 4) is 0 Å². The average Bonchev–Trinajstić information content (AvgIpc) is 2.73. The summed E-state index contributed by atoms with van der Waals surface area (Å²) in [5.74, 6) is 1.29. The van der Waals surface area contributed by atoms with E-state index in [0.717, 1.165) is 13.0 Å². The number of H-pyrrole nitrogens is 1. The van der Waals surface area contributed by atoms with Crippen molar-refractivity contribution in [3.05, 3.63) is 11.8 Å². The van der Waals surface area contributed by atoms with E-state index in [9.17, 15) is 4.79 Å². The summed E-state index contributed by atoms with van der Waals surface area (Å²) in [4.78, 5) is 11.7. The van der Waals surface area contributed by atoms with Gasteiger partial charge in [-0.25, -0.2) is 0 Å². The minimum Gasteiger partial charge on any atom is -0.320 e. The third-order valence-electron chi connectivity index (χ3n) is 3.99. The summed E-state index contributed by atoms with van der Waals surface area (Å²) in [6.45, 7) is 0.862. The van der Waals surface area contributed by atoms with Gasteiger partial charge in [0.05, 0.1) is 0 Å². The molecular weight excluding hydrogens is 252 g/mol. The standard InChI is InChI=1S/C15H26N4O/c1-16-10-6-9-15(20)17-14-11-13(18-19-14)12-7-4-2-3-5-8-12/h11-12,16H,2-10H2,1H3,(H2,17,18,19,20). The van der Waals surface area contributed by atoms with Crippen molar-refractivity contribution in [2.24, 2.45) is 0 Å². The van der Waals surface area contributed by atoms with Gasteiger partial charge in [0.1, 0.15) is 0 Å². The van der Waals surface area contributed by atoms with E-state index in [-0.39, 0.29) is 5.91 Å². The monoisotopic (exact) mass is 278 g/mol. The number of nitrogens with zero attached hydrogens (tertiary/aromatic N) is 1. The summed E-state index contributed by atoms with van der Waals surface area (Å²) >= 11 is 0. The Hall–Kier alpha value is -1.36. The Kier molecular flexibility index (Phi) is 6.05. The Balaban J connectivity index is 1.83. The molecular formula is C15H26N4O. The van der Waals surface area contributed by atoms with Gasteiger partial charge in [0.15, 0.2) is 5.82 Å². The first-order chi connectivity index (χ1) is 9.79. The molecule has 0 aromatic carbocycles. The highest BCUT2D eigenvalue weighted by Crippen LogP contribution is 2.31. The van der Waals surface area contributed by atoms with Gasteiger partial charge in [-0.1, -0.05) is 25.7 Å². The minimum atomic E-state index is 0.0409. The number of aromatic nitrogens is 2. The molecule has 1 aliphatic carbocycles. The summed E-state index contributed by atoms with van der Waals surface area (Å²) < 4.78 is 0. The second-order valence-electron chi connectivity index (χ2n) is 5.65. The number of hydrogen-bond acceptors (Lipinski definition) is 3. The van der Waals surface area contributed by atoms with E-state index in [0.29, 0.717) is 18.2 Å². The van der Waals surface area contributed by atoms with Crippen molar-refractivity contribution in [1.29, 1.82) is 0 Å². The second-order valence-corrected chi connectivity index (χ2v) is 5.65. The first-order valence-corrected chi connectivity index (χ1v) is 7.79. The Bertz CT molecular complexity index is 408. The van der Waals surface area contributed by atoms with Crippen molar-refractivity contribution in [2.45, 2.75) is 57.3 Å². The van der Waals surface area contributed by atoms with E-state index in [4.69, 9.17) is 0 Å². The fraction of sp³-hybridized carbons (Fsp3) is 0.733. The van der Waals surface area contributed by atoms with Gasteiger partial charge in [0.25, 0.3) is 0 Å². The first-order valence-electron chi connectivity index (χ1n) is 7.79. The van der Waals surface area contributed by atoms with Gasteiger partial charge in [0, 0.05) is 24.1 Å². The molecule has 0 spiro atoms. The first kappa shape index (κ1) is 15.0. The van der Waals surface area contributed by atoms with Gasteiger partial charge in [-0.15, -0.1) is 0 Å². The van der Waals surface area contributed by atoms with Crippen molar-refractivity contribution in [2.75, 3.05) is 18.9 Å². The molecule has 3 N–H and O–H groups in total. The fourth-order valence-electron chi connectivity index (χ4n) is 2.83. The highest BCUT2D eigenvalue weighted by atomic mass is 16.1. The topological polar surface area (TPSA) is 69.8 Å². The third kappa shape index (κ3) is 4.63. The van der Waals surface area contributed by atoms with Crippen LogP contribution in [0.3, 0.4) is 0 Å². The molecule has 0 unspecified atom stereocenters. The lowest BCUT2D eigenvalue weighted by atomic mass is 9.97. The van der Waals surface area contributed by atoms with Crippen LogP contribution in [0.5, 0.6) is 0 Å². The van der Waals surface area contributed by atoms with Crippen LogP contribution in [0.2, 0.25) is 0 Å². The Morgan fingerprint density at radius 1 is 1.35 bits per heavy atom. The summed E-state index contributed by atoms with van der Waals surface area (Å²) in [6, 6.07) is 2.01. The highest BCUT2D eigenvalue weighted by Gasteiger charge is 2.17. The van der Waals surface area contributed by atoms with Crippen LogP contribution in [-0.2, 0) is 4.79 Å². The lowest BCUT2D eigenvalue weighted by Crippen LogP contribution is -2.15. The van der Waals surface area contributed by atoms with Crippen LogP contribution in [0.25, 0.3) is 0 Å². The van der Waals surface area contributed by atoms with Crippen molar-refractivity contribution >= 4 is 11.7 Å². The molecule has 0 bridgehead atoms. The van der Waals surface area contributed by atoms with Crippen molar-refractivity contribution in [3.63, 3.8) is 0 Å². The Morgan fingerprint density at radius 3 is 2.80 bits per heavy atom. The normalized spacial score (nSPS) is 16.9. The van der Waals surface area contributed by atoms with E-state index in [1.165, 1.54) is 44.2 Å². The third-order valence-corrected chi connectivity index (χ3v) is 3.99. The van der Waals surface area contributed by atoms with Crippen LogP contribution in [0.1, 0.15) is 63.0 Å². The second kappa shape index (κ2) is 8.04. The van der Waals surface area contributed by atoms with Crippen LogP contribution < -0.4 is 10.6 Å². The maximum Gasteiger partial charge on any atom is 0.225 e. The molecule has 1 aliphatic rings. The van der Waals surface area contributed by atoms with E-state index < -0.39 is 0 Å². The number of aromatic amines is 1. The summed E-state index contributed by atoms with van der Waals surface area (Å²) in [5, 5.41) is 13.2. The largest absolute Gasteiger partial charge is 0.320 e. The van der Waals surface area contributed by atoms with Crippen LogP contribution in [0.4, 0.5) is 5.82 Å². The van der Waals surface area contributed by atoms with Gasteiger partial charge >= 0.3 is 0 Å². The van der Waals surface area contributed by atoms with Gasteiger partial charge in [-0.2, -0.15) is 5.10 Å². The predicted molar refractivity (Wildman–Crippen MR) is 80.8 cm³/mol. The van der Waals surface area contributed by atoms with Crippen LogP contribution >= 0.6 is 0 Å². The number of anilines is 1. The number of carbonyl (C=O) groups excluding carboxylic acids is 1. The molecule has 0 radical (unpaired) electrons. The molecule has 1 heterocycles. The van der Waals surface area contributed by atoms with Crippen molar-refractivity contribution in [1.82, 2.24) is 15.5 Å². The molecule has 1 aromatic heterocycles. The molecule has 112 valence electrons. The van der Waals surface area contributed by atoms with E-state index in [1.54, 1.807) is 0 Å². The number of nitrogens with one attached hydrogen (secondary N) is 3. The molecule has 1 aromatic rings. The van der Waals surface area contributed by atoms with Gasteiger partial charge < -0.3 is 10.6 Å². The summed E-state index contributed by atoms with van der Waals surface area (Å²) in [6.07, 6.45) is 9.15. The van der Waals surface area contributed by atoms with Crippen LogP contribution in [0, 0.1) is 0 Å². The molecule has 1 fully saturated rings.